The Hall–Kier alpha value is -1.58. The fraction of sp³-hybridized carbons (Fsp3) is 0.250. The molecule has 0 saturated heterocycles. The van der Waals surface area contributed by atoms with Gasteiger partial charge in [-0.1, -0.05) is 36.7 Å². The minimum atomic E-state index is -0.450. The van der Waals surface area contributed by atoms with Crippen molar-refractivity contribution in [3.8, 4) is 5.75 Å². The highest BCUT2D eigenvalue weighted by molar-refractivity contribution is 6.30. The minimum Gasteiger partial charge on any atom is -0.489 e. The maximum absolute atomic E-state index is 13.3. The van der Waals surface area contributed by atoms with Crippen molar-refractivity contribution in [2.45, 2.75) is 26.1 Å². The van der Waals surface area contributed by atoms with Crippen molar-refractivity contribution in [2.75, 3.05) is 0 Å². The van der Waals surface area contributed by atoms with Gasteiger partial charge in [0, 0.05) is 0 Å². The Balaban J connectivity index is 1.98. The van der Waals surface area contributed by atoms with Crippen molar-refractivity contribution >= 4 is 11.6 Å². The lowest BCUT2D eigenvalue weighted by Gasteiger charge is -2.10. The van der Waals surface area contributed by atoms with E-state index in [1.54, 1.807) is 18.2 Å². The highest BCUT2D eigenvalue weighted by Gasteiger charge is 2.05. The van der Waals surface area contributed by atoms with Crippen LogP contribution in [0, 0.1) is 5.82 Å². The maximum Gasteiger partial charge on any atom is 0.142 e. The Morgan fingerprint density at radius 2 is 1.90 bits per heavy atom. The Labute approximate surface area is 122 Å². The van der Waals surface area contributed by atoms with Gasteiger partial charge in [-0.25, -0.2) is 4.39 Å². The third kappa shape index (κ3) is 3.71. The summed E-state index contributed by atoms with van der Waals surface area (Å²) < 4.78 is 18.8. The molecule has 106 valence electrons. The Morgan fingerprint density at radius 3 is 2.50 bits per heavy atom. The predicted molar refractivity (Wildman–Crippen MR) is 77.4 cm³/mol. The van der Waals surface area contributed by atoms with Crippen molar-refractivity contribution in [2.24, 2.45) is 0 Å². The fourth-order valence-corrected chi connectivity index (χ4v) is 1.94. The van der Waals surface area contributed by atoms with Gasteiger partial charge in [0.25, 0.3) is 0 Å². The van der Waals surface area contributed by atoms with Crippen LogP contribution in [0.3, 0.4) is 0 Å². The fourth-order valence-electron chi connectivity index (χ4n) is 1.82. The first-order valence-electron chi connectivity index (χ1n) is 6.45. The van der Waals surface area contributed by atoms with Gasteiger partial charge in [0.1, 0.15) is 18.2 Å². The first-order chi connectivity index (χ1) is 9.60. The molecule has 0 aromatic heterocycles. The third-order valence-corrected chi connectivity index (χ3v) is 3.35. The van der Waals surface area contributed by atoms with Gasteiger partial charge < -0.3 is 9.84 Å². The zero-order valence-electron chi connectivity index (χ0n) is 11.1. The number of aliphatic hydroxyl groups is 1. The van der Waals surface area contributed by atoms with Gasteiger partial charge in [-0.3, -0.25) is 0 Å². The molecule has 0 aliphatic rings. The Kier molecular flexibility index (Phi) is 4.99. The van der Waals surface area contributed by atoms with Crippen molar-refractivity contribution in [3.05, 3.63) is 64.4 Å². The number of hydrogen-bond acceptors (Lipinski definition) is 2. The normalized spacial score (nSPS) is 12.2. The van der Waals surface area contributed by atoms with Crippen molar-refractivity contribution in [3.63, 3.8) is 0 Å². The highest BCUT2D eigenvalue weighted by atomic mass is 35.5. The lowest BCUT2D eigenvalue weighted by atomic mass is 10.1. The van der Waals surface area contributed by atoms with Crippen molar-refractivity contribution < 1.29 is 14.2 Å². The Morgan fingerprint density at radius 1 is 1.20 bits per heavy atom. The van der Waals surface area contributed by atoms with E-state index in [2.05, 4.69) is 0 Å². The molecule has 0 unspecified atom stereocenters. The molecule has 0 aliphatic heterocycles. The maximum atomic E-state index is 13.3. The molecule has 0 bridgehead atoms. The second-order valence-electron chi connectivity index (χ2n) is 4.53. The molecule has 20 heavy (non-hydrogen) atoms. The number of aliphatic hydroxyl groups excluding tert-OH is 1. The predicted octanol–water partition coefficient (Wildman–Crippen LogP) is 4.50. The Bertz CT molecular complexity index is 569. The van der Waals surface area contributed by atoms with Gasteiger partial charge in [0.2, 0.25) is 0 Å². The van der Waals surface area contributed by atoms with E-state index in [-0.39, 0.29) is 11.6 Å². The van der Waals surface area contributed by atoms with Crippen LogP contribution < -0.4 is 4.74 Å². The zero-order valence-corrected chi connectivity index (χ0v) is 11.9. The van der Waals surface area contributed by atoms with Gasteiger partial charge in [-0.2, -0.15) is 0 Å². The van der Waals surface area contributed by atoms with Crippen LogP contribution in [0.2, 0.25) is 5.02 Å². The lowest BCUT2D eigenvalue weighted by Crippen LogP contribution is -1.98. The number of benzene rings is 2. The highest BCUT2D eigenvalue weighted by Crippen LogP contribution is 2.21. The average Bonchev–Trinajstić information content (AvgIpc) is 2.48. The summed E-state index contributed by atoms with van der Waals surface area (Å²) in [5.41, 5.74) is 1.57. The van der Waals surface area contributed by atoms with E-state index < -0.39 is 11.9 Å². The number of halogens is 2. The topological polar surface area (TPSA) is 29.5 Å². The van der Waals surface area contributed by atoms with E-state index in [9.17, 15) is 9.50 Å². The molecule has 0 aliphatic carbocycles. The van der Waals surface area contributed by atoms with Gasteiger partial charge >= 0.3 is 0 Å². The summed E-state index contributed by atoms with van der Waals surface area (Å²) in [6.07, 6.45) is 0.221. The third-order valence-electron chi connectivity index (χ3n) is 3.04. The number of rotatable bonds is 5. The molecular weight excluding hydrogens is 279 g/mol. The molecule has 1 N–H and O–H groups in total. The van der Waals surface area contributed by atoms with Crippen molar-refractivity contribution in [1.82, 2.24) is 0 Å². The van der Waals surface area contributed by atoms with Gasteiger partial charge in [0.05, 0.1) is 11.1 Å². The van der Waals surface area contributed by atoms with Crippen LogP contribution in [0.5, 0.6) is 5.75 Å². The molecular formula is C16H16ClFO2. The van der Waals surface area contributed by atoms with E-state index in [0.29, 0.717) is 17.7 Å². The largest absolute Gasteiger partial charge is 0.489 e. The van der Waals surface area contributed by atoms with Gasteiger partial charge in [-0.05, 0) is 41.8 Å². The van der Waals surface area contributed by atoms with Crippen LogP contribution in [0.1, 0.15) is 30.6 Å². The van der Waals surface area contributed by atoms with Crippen LogP contribution >= 0.6 is 11.6 Å². The summed E-state index contributed by atoms with van der Waals surface area (Å²) >= 11 is 5.62. The molecule has 0 heterocycles. The summed E-state index contributed by atoms with van der Waals surface area (Å²) in [7, 11) is 0. The summed E-state index contributed by atoms with van der Waals surface area (Å²) in [6, 6.07) is 11.8. The van der Waals surface area contributed by atoms with Crippen LogP contribution in [0.25, 0.3) is 0 Å². The molecule has 0 fully saturated rings. The number of ether oxygens (including phenoxy) is 1. The quantitative estimate of drug-likeness (QED) is 0.879. The van der Waals surface area contributed by atoms with E-state index in [0.717, 1.165) is 5.56 Å². The summed E-state index contributed by atoms with van der Waals surface area (Å²) in [4.78, 5) is 0. The van der Waals surface area contributed by atoms with Gasteiger partial charge in [0.15, 0.2) is 0 Å². The average molecular weight is 295 g/mol. The molecule has 0 spiro atoms. The van der Waals surface area contributed by atoms with Crippen LogP contribution in [0.4, 0.5) is 4.39 Å². The first-order valence-corrected chi connectivity index (χ1v) is 6.82. The second-order valence-corrected chi connectivity index (χ2v) is 4.94. The first kappa shape index (κ1) is 14.8. The second kappa shape index (κ2) is 6.73. The molecule has 0 radical (unpaired) electrons. The summed E-state index contributed by atoms with van der Waals surface area (Å²) in [5, 5.41) is 9.79. The molecule has 0 amide bonds. The van der Waals surface area contributed by atoms with E-state index >= 15 is 0 Å². The van der Waals surface area contributed by atoms with E-state index in [1.165, 1.54) is 12.1 Å². The SMILES string of the molecule is CC[C@@H](O)c1ccc(OCc2ccc(Cl)c(F)c2)cc1. The molecule has 1 atom stereocenters. The summed E-state index contributed by atoms with van der Waals surface area (Å²) in [5.74, 6) is 0.224. The van der Waals surface area contributed by atoms with Gasteiger partial charge in [-0.15, -0.1) is 0 Å². The molecule has 2 rings (SSSR count). The van der Waals surface area contributed by atoms with Crippen LogP contribution in [-0.4, -0.2) is 5.11 Å². The molecule has 2 nitrogen and oxygen atoms in total. The monoisotopic (exact) mass is 294 g/mol. The molecule has 4 heteroatoms. The molecule has 2 aromatic rings. The summed E-state index contributed by atoms with van der Waals surface area (Å²) in [6.45, 7) is 2.19. The molecule has 0 saturated carbocycles. The van der Waals surface area contributed by atoms with E-state index in [4.69, 9.17) is 16.3 Å². The van der Waals surface area contributed by atoms with Crippen LogP contribution in [-0.2, 0) is 6.61 Å². The number of hydrogen-bond donors (Lipinski definition) is 1. The smallest absolute Gasteiger partial charge is 0.142 e. The lowest BCUT2D eigenvalue weighted by molar-refractivity contribution is 0.173. The zero-order chi connectivity index (χ0) is 14.5. The van der Waals surface area contributed by atoms with Crippen LogP contribution in [0.15, 0.2) is 42.5 Å². The minimum absolute atomic E-state index is 0.103. The standard InChI is InChI=1S/C16H16ClFO2/c1-2-16(19)12-4-6-13(7-5-12)20-10-11-3-8-14(17)15(18)9-11/h3-9,16,19H,2,10H2,1H3/t16-/m1/s1. The van der Waals surface area contributed by atoms with E-state index in [1.807, 2.05) is 19.1 Å². The molecule has 2 aromatic carbocycles. The van der Waals surface area contributed by atoms with Crippen molar-refractivity contribution in [1.29, 1.82) is 0 Å².